The van der Waals surface area contributed by atoms with Gasteiger partial charge in [0, 0.05) is 38.3 Å². The molecule has 3 aromatic heterocycles. The van der Waals surface area contributed by atoms with Gasteiger partial charge in [-0.2, -0.15) is 9.61 Å². The van der Waals surface area contributed by atoms with Crippen molar-refractivity contribution in [3.63, 3.8) is 0 Å². The molecule has 4 heterocycles. The average molecular weight is 325 g/mol. The zero-order valence-corrected chi connectivity index (χ0v) is 13.8. The second kappa shape index (κ2) is 6.03. The zero-order chi connectivity index (χ0) is 16.5. The molecule has 124 valence electrons. The van der Waals surface area contributed by atoms with Gasteiger partial charge in [0.05, 0.1) is 11.4 Å². The van der Waals surface area contributed by atoms with E-state index >= 15 is 0 Å². The number of hydrogen-bond acceptors (Lipinski definition) is 7. The van der Waals surface area contributed by atoms with E-state index in [9.17, 15) is 0 Å². The van der Waals surface area contributed by atoms with Crippen molar-refractivity contribution in [2.75, 3.05) is 18.0 Å². The summed E-state index contributed by atoms with van der Waals surface area (Å²) in [6.07, 6.45) is 7.01. The van der Waals surface area contributed by atoms with Crippen molar-refractivity contribution in [3.8, 4) is 6.01 Å². The minimum Gasteiger partial charge on any atom is -0.460 e. The lowest BCUT2D eigenvalue weighted by Gasteiger charge is -2.34. The Kier molecular flexibility index (Phi) is 3.72. The number of anilines is 1. The monoisotopic (exact) mass is 325 g/mol. The van der Waals surface area contributed by atoms with Gasteiger partial charge in [0.2, 0.25) is 5.65 Å². The molecule has 0 bridgehead atoms. The van der Waals surface area contributed by atoms with Crippen molar-refractivity contribution in [1.29, 1.82) is 0 Å². The normalized spacial score (nSPS) is 15.8. The molecule has 0 saturated carbocycles. The number of piperidine rings is 1. The Balaban J connectivity index is 1.52. The highest BCUT2D eigenvalue weighted by Crippen LogP contribution is 2.29. The standard InChI is InChI=1S/C16H19N7O/c1-11-12(2)21-23-10-19-20-15(23)14(11)22-8-4-13(5-9-22)24-16-17-6-3-7-18-16/h3,6-7,10,13H,4-5,8-9H2,1-2H3. The lowest BCUT2D eigenvalue weighted by atomic mass is 10.1. The van der Waals surface area contributed by atoms with E-state index in [-0.39, 0.29) is 6.10 Å². The molecule has 0 N–H and O–H groups in total. The van der Waals surface area contributed by atoms with Gasteiger partial charge < -0.3 is 9.64 Å². The molecule has 8 nitrogen and oxygen atoms in total. The number of aromatic nitrogens is 6. The predicted octanol–water partition coefficient (Wildman–Crippen LogP) is 1.58. The highest BCUT2D eigenvalue weighted by atomic mass is 16.5. The Morgan fingerprint density at radius 2 is 1.88 bits per heavy atom. The quantitative estimate of drug-likeness (QED) is 0.723. The maximum Gasteiger partial charge on any atom is 0.316 e. The van der Waals surface area contributed by atoms with Crippen LogP contribution < -0.4 is 9.64 Å². The van der Waals surface area contributed by atoms with E-state index in [0.717, 1.165) is 48.5 Å². The Bertz CT molecular complexity index is 840. The molecule has 0 amide bonds. The minimum atomic E-state index is 0.140. The molecule has 0 radical (unpaired) electrons. The van der Waals surface area contributed by atoms with Gasteiger partial charge in [-0.05, 0) is 25.5 Å². The molecule has 0 spiro atoms. The second-order valence-electron chi connectivity index (χ2n) is 5.99. The van der Waals surface area contributed by atoms with Gasteiger partial charge in [-0.1, -0.05) is 0 Å². The lowest BCUT2D eigenvalue weighted by molar-refractivity contribution is 0.156. The first-order valence-corrected chi connectivity index (χ1v) is 8.08. The number of aryl methyl sites for hydroxylation is 1. The summed E-state index contributed by atoms with van der Waals surface area (Å²) >= 11 is 0. The molecule has 24 heavy (non-hydrogen) atoms. The SMILES string of the molecule is Cc1nn2cnnc2c(N2CCC(Oc3ncccn3)CC2)c1C. The second-order valence-corrected chi connectivity index (χ2v) is 5.99. The molecule has 0 unspecified atom stereocenters. The topological polar surface area (TPSA) is 81.3 Å². The van der Waals surface area contributed by atoms with Crippen molar-refractivity contribution in [1.82, 2.24) is 29.8 Å². The maximum atomic E-state index is 5.87. The molecule has 1 aliphatic heterocycles. The summed E-state index contributed by atoms with van der Waals surface area (Å²) in [6.45, 7) is 5.89. The molecule has 0 aliphatic carbocycles. The van der Waals surface area contributed by atoms with Crippen LogP contribution in [-0.2, 0) is 0 Å². The molecule has 0 aromatic carbocycles. The fourth-order valence-electron chi connectivity index (χ4n) is 3.11. The number of rotatable bonds is 3. The van der Waals surface area contributed by atoms with E-state index < -0.39 is 0 Å². The molecule has 1 fully saturated rings. The number of ether oxygens (including phenoxy) is 1. The fraction of sp³-hybridized carbons (Fsp3) is 0.438. The van der Waals surface area contributed by atoms with Crippen LogP contribution in [0.25, 0.3) is 5.65 Å². The largest absolute Gasteiger partial charge is 0.460 e. The highest BCUT2D eigenvalue weighted by Gasteiger charge is 2.25. The highest BCUT2D eigenvalue weighted by molar-refractivity contribution is 5.72. The van der Waals surface area contributed by atoms with E-state index in [1.807, 2.05) is 6.92 Å². The summed E-state index contributed by atoms with van der Waals surface area (Å²) in [6, 6.07) is 2.24. The molecule has 4 rings (SSSR count). The van der Waals surface area contributed by atoms with Crippen LogP contribution in [0, 0.1) is 13.8 Å². The molecular formula is C16H19N7O. The van der Waals surface area contributed by atoms with E-state index in [4.69, 9.17) is 4.74 Å². The van der Waals surface area contributed by atoms with Gasteiger partial charge in [0.25, 0.3) is 0 Å². The molecule has 8 heteroatoms. The predicted molar refractivity (Wildman–Crippen MR) is 88.2 cm³/mol. The summed E-state index contributed by atoms with van der Waals surface area (Å²) in [5, 5.41) is 12.7. The van der Waals surface area contributed by atoms with Gasteiger partial charge >= 0.3 is 6.01 Å². The van der Waals surface area contributed by atoms with Gasteiger partial charge in [-0.25, -0.2) is 9.97 Å². The summed E-state index contributed by atoms with van der Waals surface area (Å²) in [4.78, 5) is 10.6. The summed E-state index contributed by atoms with van der Waals surface area (Å²) in [5.41, 5.74) is 4.08. The van der Waals surface area contributed by atoms with E-state index in [2.05, 4.69) is 37.1 Å². The summed E-state index contributed by atoms with van der Waals surface area (Å²) in [5.74, 6) is 0. The smallest absolute Gasteiger partial charge is 0.316 e. The number of nitrogens with zero attached hydrogens (tertiary/aromatic N) is 7. The molecular weight excluding hydrogens is 306 g/mol. The van der Waals surface area contributed by atoms with Crippen LogP contribution in [0.5, 0.6) is 6.01 Å². The first-order chi connectivity index (χ1) is 11.7. The maximum absolute atomic E-state index is 5.87. The van der Waals surface area contributed by atoms with E-state index in [1.165, 1.54) is 0 Å². The minimum absolute atomic E-state index is 0.140. The van der Waals surface area contributed by atoms with Gasteiger partial charge in [0.15, 0.2) is 0 Å². The van der Waals surface area contributed by atoms with Gasteiger partial charge in [-0.15, -0.1) is 10.2 Å². The molecule has 0 atom stereocenters. The Labute approximate surface area is 139 Å². The third-order valence-corrected chi connectivity index (χ3v) is 4.47. The fourth-order valence-corrected chi connectivity index (χ4v) is 3.11. The first kappa shape index (κ1) is 14.8. The van der Waals surface area contributed by atoms with Gasteiger partial charge in [-0.3, -0.25) is 0 Å². The van der Waals surface area contributed by atoms with Crippen molar-refractivity contribution >= 4 is 11.3 Å². The number of fused-ring (bicyclic) bond motifs is 1. The van der Waals surface area contributed by atoms with Crippen LogP contribution in [0.15, 0.2) is 24.8 Å². The van der Waals surface area contributed by atoms with Crippen molar-refractivity contribution in [3.05, 3.63) is 36.0 Å². The van der Waals surface area contributed by atoms with Crippen LogP contribution in [0.2, 0.25) is 0 Å². The van der Waals surface area contributed by atoms with Crippen molar-refractivity contribution in [2.24, 2.45) is 0 Å². The van der Waals surface area contributed by atoms with Gasteiger partial charge in [0.1, 0.15) is 12.4 Å². The third kappa shape index (κ3) is 2.64. The molecule has 1 saturated heterocycles. The first-order valence-electron chi connectivity index (χ1n) is 8.08. The molecule has 3 aromatic rings. The van der Waals surface area contributed by atoms with Crippen LogP contribution in [0.4, 0.5) is 5.69 Å². The lowest BCUT2D eigenvalue weighted by Crippen LogP contribution is -2.39. The third-order valence-electron chi connectivity index (χ3n) is 4.47. The Morgan fingerprint density at radius 3 is 2.62 bits per heavy atom. The van der Waals surface area contributed by atoms with E-state index in [1.54, 1.807) is 29.3 Å². The molecule has 1 aliphatic rings. The van der Waals surface area contributed by atoms with Crippen LogP contribution in [0.3, 0.4) is 0 Å². The van der Waals surface area contributed by atoms with Crippen molar-refractivity contribution in [2.45, 2.75) is 32.8 Å². The Hall–Kier alpha value is -2.77. The zero-order valence-electron chi connectivity index (χ0n) is 13.8. The van der Waals surface area contributed by atoms with Crippen LogP contribution in [0.1, 0.15) is 24.1 Å². The summed E-state index contributed by atoms with van der Waals surface area (Å²) < 4.78 is 7.62. The van der Waals surface area contributed by atoms with E-state index in [0.29, 0.717) is 6.01 Å². The number of hydrogen-bond donors (Lipinski definition) is 0. The average Bonchev–Trinajstić information content (AvgIpc) is 3.06. The Morgan fingerprint density at radius 1 is 1.12 bits per heavy atom. The van der Waals surface area contributed by atoms with Crippen molar-refractivity contribution < 1.29 is 4.74 Å². The summed E-state index contributed by atoms with van der Waals surface area (Å²) in [7, 11) is 0. The van der Waals surface area contributed by atoms with Crippen LogP contribution >= 0.6 is 0 Å². The van der Waals surface area contributed by atoms with Crippen LogP contribution in [-0.4, -0.2) is 49.0 Å².